The molecule has 0 spiro atoms. The molecule has 13 rings (SSSR count). The monoisotopic (exact) mass is 774 g/mol. The summed E-state index contributed by atoms with van der Waals surface area (Å²) in [5, 5.41) is 16.0. The van der Waals surface area contributed by atoms with Crippen LogP contribution in [0.1, 0.15) is 0 Å². The maximum Gasteiger partial charge on any atom is 0.143 e. The van der Waals surface area contributed by atoms with E-state index in [4.69, 9.17) is 8.83 Å². The van der Waals surface area contributed by atoms with Gasteiger partial charge >= 0.3 is 0 Å². The summed E-state index contributed by atoms with van der Waals surface area (Å²) in [5.74, 6) is 0. The molecule has 0 N–H and O–H groups in total. The summed E-state index contributed by atoms with van der Waals surface area (Å²) in [5.41, 5.74) is 14.2. The Hall–Kier alpha value is -6.47. The highest BCUT2D eigenvalue weighted by Gasteiger charge is 2.49. The smallest absolute Gasteiger partial charge is 0.143 e. The fourth-order valence-electron chi connectivity index (χ4n) is 11.1. The van der Waals surface area contributed by atoms with Gasteiger partial charge in [-0.3, -0.25) is 0 Å². The SMILES string of the molecule is C[Si]1(C)c2cc(-c3ccc4ccccc4c3)c3c(oc4ccccc43)c2-c2ccc3c(c21)[Si](C)(C)c1cc(-c2ccc4ccccc4c2)c2oc4ccccc4c2c1-3. The highest BCUT2D eigenvalue weighted by atomic mass is 28.3. The molecular formula is C54H38O2Si2. The van der Waals surface area contributed by atoms with E-state index in [0.717, 1.165) is 22.3 Å². The lowest BCUT2D eigenvalue weighted by Crippen LogP contribution is -2.63. The van der Waals surface area contributed by atoms with Crippen LogP contribution in [0.15, 0.2) is 167 Å². The van der Waals surface area contributed by atoms with Crippen molar-refractivity contribution in [3.8, 4) is 44.5 Å². The zero-order chi connectivity index (χ0) is 38.7. The third-order valence-electron chi connectivity index (χ3n) is 13.8. The van der Waals surface area contributed by atoms with Crippen molar-refractivity contribution in [2.24, 2.45) is 0 Å². The molecule has 0 saturated heterocycles. The first-order valence-electron chi connectivity index (χ1n) is 20.4. The second-order valence-electron chi connectivity index (χ2n) is 17.6. The highest BCUT2D eigenvalue weighted by Crippen LogP contribution is 2.48. The van der Waals surface area contributed by atoms with Gasteiger partial charge in [0.2, 0.25) is 0 Å². The third kappa shape index (κ3) is 4.11. The molecule has 2 aromatic heterocycles. The van der Waals surface area contributed by atoms with E-state index in [2.05, 4.69) is 184 Å². The van der Waals surface area contributed by atoms with Crippen LogP contribution < -0.4 is 20.7 Å². The normalized spacial score (nSPS) is 14.8. The highest BCUT2D eigenvalue weighted by molar-refractivity contribution is 7.13. The molecule has 0 saturated carbocycles. The van der Waals surface area contributed by atoms with E-state index in [1.165, 1.54) is 98.0 Å². The molecule has 11 aromatic rings. The fraction of sp³-hybridized carbons (Fsp3) is 0.0741. The second-order valence-corrected chi connectivity index (χ2v) is 26.2. The quantitative estimate of drug-likeness (QED) is 0.164. The molecule has 0 atom stereocenters. The van der Waals surface area contributed by atoms with Crippen molar-refractivity contribution in [3.05, 3.63) is 158 Å². The van der Waals surface area contributed by atoms with Crippen molar-refractivity contribution in [2.75, 3.05) is 0 Å². The maximum absolute atomic E-state index is 7.04. The molecule has 0 radical (unpaired) electrons. The summed E-state index contributed by atoms with van der Waals surface area (Å²) in [4.78, 5) is 0. The van der Waals surface area contributed by atoms with Gasteiger partial charge in [0.05, 0.1) is 0 Å². The second kappa shape index (κ2) is 11.1. The maximum atomic E-state index is 7.04. The Labute approximate surface area is 338 Å². The van der Waals surface area contributed by atoms with Crippen molar-refractivity contribution in [1.82, 2.24) is 0 Å². The molecule has 0 unspecified atom stereocenters. The minimum atomic E-state index is -2.31. The van der Waals surface area contributed by atoms with Gasteiger partial charge in [0.15, 0.2) is 0 Å². The van der Waals surface area contributed by atoms with Gasteiger partial charge in [0.25, 0.3) is 0 Å². The van der Waals surface area contributed by atoms with Crippen molar-refractivity contribution in [2.45, 2.75) is 26.2 Å². The minimum absolute atomic E-state index is 0.942. The van der Waals surface area contributed by atoms with Crippen LogP contribution in [0.2, 0.25) is 26.2 Å². The van der Waals surface area contributed by atoms with Crippen molar-refractivity contribution in [1.29, 1.82) is 0 Å². The molecule has 4 heterocycles. The first-order valence-corrected chi connectivity index (χ1v) is 26.4. The Kier molecular flexibility index (Phi) is 6.26. The van der Waals surface area contributed by atoms with Crippen LogP contribution in [0.3, 0.4) is 0 Å². The Morgan fingerprint density at radius 2 is 0.828 bits per heavy atom. The van der Waals surface area contributed by atoms with E-state index >= 15 is 0 Å². The molecule has 4 heteroatoms. The van der Waals surface area contributed by atoms with Gasteiger partial charge < -0.3 is 8.83 Å². The fourth-order valence-corrected chi connectivity index (χ4v) is 19.5. The number of furan rings is 2. The van der Waals surface area contributed by atoms with E-state index in [-0.39, 0.29) is 0 Å². The minimum Gasteiger partial charge on any atom is -0.455 e. The predicted octanol–water partition coefficient (Wildman–Crippen LogP) is 12.7. The largest absolute Gasteiger partial charge is 0.455 e. The number of benzene rings is 9. The Morgan fingerprint density at radius 1 is 0.362 bits per heavy atom. The molecule has 2 nitrogen and oxygen atoms in total. The van der Waals surface area contributed by atoms with Gasteiger partial charge in [-0.2, -0.15) is 0 Å². The van der Waals surface area contributed by atoms with Crippen LogP contribution in [0, 0.1) is 0 Å². The molecule has 2 aliphatic rings. The van der Waals surface area contributed by atoms with E-state index in [1.54, 1.807) is 10.4 Å². The van der Waals surface area contributed by atoms with Crippen molar-refractivity contribution < 1.29 is 8.83 Å². The number of fused-ring (bicyclic) bond motifs is 17. The van der Waals surface area contributed by atoms with Gasteiger partial charge in [0, 0.05) is 32.7 Å². The molecule has 9 aromatic carbocycles. The average Bonchev–Trinajstić information content (AvgIpc) is 3.95. The van der Waals surface area contributed by atoms with E-state index in [0.29, 0.717) is 0 Å². The summed E-state index contributed by atoms with van der Waals surface area (Å²) in [6.07, 6.45) is 0. The first-order chi connectivity index (χ1) is 28.3. The van der Waals surface area contributed by atoms with Gasteiger partial charge in [-0.25, -0.2) is 0 Å². The first kappa shape index (κ1) is 32.6. The standard InChI is InChI=1S/C54H38O2Si2/c1-57(2)45-30-42(36-24-22-32-14-6-8-16-34(32)28-36)51-50(38-18-10-12-20-44(38)55-51)48(45)39-25-26-40-49-46(58(3,4)54(40)53(39)57)29-41(35-23-21-31-13-5-7-15-33(31)27-35)47-37-17-9-11-19-43(37)56-52(47)49/h5-30H,1-4H3. The molecular weight excluding hydrogens is 737 g/mol. The molecule has 2 aliphatic heterocycles. The van der Waals surface area contributed by atoms with Crippen LogP contribution in [0.4, 0.5) is 0 Å². The molecule has 0 aliphatic carbocycles. The zero-order valence-electron chi connectivity index (χ0n) is 32.8. The molecule has 0 amide bonds. The lowest BCUT2D eigenvalue weighted by Gasteiger charge is -2.28. The lowest BCUT2D eigenvalue weighted by atomic mass is 9.91. The number of hydrogen-bond acceptors (Lipinski definition) is 2. The van der Waals surface area contributed by atoms with E-state index < -0.39 is 16.1 Å². The van der Waals surface area contributed by atoms with Crippen LogP contribution in [-0.2, 0) is 0 Å². The van der Waals surface area contributed by atoms with Crippen LogP contribution in [0.5, 0.6) is 0 Å². The number of hydrogen-bond donors (Lipinski definition) is 0. The summed E-state index contributed by atoms with van der Waals surface area (Å²) < 4.78 is 14.0. The zero-order valence-corrected chi connectivity index (χ0v) is 34.8. The van der Waals surface area contributed by atoms with Gasteiger partial charge in [-0.05, 0) is 99.9 Å². The van der Waals surface area contributed by atoms with Crippen molar-refractivity contribution in [3.63, 3.8) is 0 Å². The molecule has 0 fully saturated rings. The van der Waals surface area contributed by atoms with E-state index in [1.807, 2.05) is 0 Å². The van der Waals surface area contributed by atoms with Gasteiger partial charge in [0.1, 0.15) is 38.5 Å². The van der Waals surface area contributed by atoms with Crippen LogP contribution in [-0.4, -0.2) is 16.1 Å². The molecule has 58 heavy (non-hydrogen) atoms. The Bertz CT molecular complexity index is 3640. The van der Waals surface area contributed by atoms with Gasteiger partial charge in [-0.1, -0.05) is 160 Å². The third-order valence-corrected chi connectivity index (χ3v) is 21.0. The number of para-hydroxylation sites is 2. The van der Waals surface area contributed by atoms with Crippen LogP contribution in [0.25, 0.3) is 110 Å². The lowest BCUT2D eigenvalue weighted by molar-refractivity contribution is 0.670. The summed E-state index contributed by atoms with van der Waals surface area (Å²) in [6.45, 7) is 10.4. The van der Waals surface area contributed by atoms with Gasteiger partial charge in [-0.15, -0.1) is 0 Å². The Morgan fingerprint density at radius 3 is 1.45 bits per heavy atom. The summed E-state index contributed by atoms with van der Waals surface area (Å²) in [7, 11) is -4.62. The molecule has 274 valence electrons. The molecule has 0 bridgehead atoms. The van der Waals surface area contributed by atoms with E-state index in [9.17, 15) is 0 Å². The number of rotatable bonds is 2. The summed E-state index contributed by atoms with van der Waals surface area (Å²) >= 11 is 0. The van der Waals surface area contributed by atoms with Crippen LogP contribution >= 0.6 is 0 Å². The summed E-state index contributed by atoms with van der Waals surface area (Å²) in [6, 6.07) is 58.4. The topological polar surface area (TPSA) is 26.3 Å². The average molecular weight is 775 g/mol. The Balaban J connectivity index is 1.10. The predicted molar refractivity (Wildman–Crippen MR) is 251 cm³/mol. The van der Waals surface area contributed by atoms with Crippen molar-refractivity contribution >= 4 is 102 Å².